The topological polar surface area (TPSA) is 52.0 Å². The molecule has 0 spiro atoms. The second kappa shape index (κ2) is 4.11. The summed E-state index contributed by atoms with van der Waals surface area (Å²) in [6.45, 7) is 6.43. The first-order valence-electron chi connectivity index (χ1n) is 5.00. The van der Waals surface area contributed by atoms with E-state index >= 15 is 0 Å². The Morgan fingerprint density at radius 1 is 1.14 bits per heavy atom. The van der Waals surface area contributed by atoms with Gasteiger partial charge in [0.2, 0.25) is 0 Å². The van der Waals surface area contributed by atoms with Crippen molar-refractivity contribution in [3.05, 3.63) is 35.4 Å². The smallest absolute Gasteiger partial charge is 0.0529 e. The first kappa shape index (κ1) is 11.2. The van der Waals surface area contributed by atoms with E-state index in [-0.39, 0.29) is 11.6 Å². The molecule has 0 heterocycles. The predicted molar refractivity (Wildman–Crippen MR) is 61.0 cm³/mol. The summed E-state index contributed by atoms with van der Waals surface area (Å²) >= 11 is 0. The van der Waals surface area contributed by atoms with Gasteiger partial charge in [0.05, 0.1) is 6.17 Å². The van der Waals surface area contributed by atoms with Crippen molar-refractivity contribution in [2.75, 3.05) is 0 Å². The van der Waals surface area contributed by atoms with Crippen LogP contribution in [0.2, 0.25) is 0 Å². The van der Waals surface area contributed by atoms with Crippen LogP contribution in [0, 0.1) is 6.92 Å². The molecule has 78 valence electrons. The van der Waals surface area contributed by atoms with Crippen LogP contribution in [0.4, 0.5) is 0 Å². The molecule has 1 rings (SSSR count). The van der Waals surface area contributed by atoms with Crippen LogP contribution in [0.25, 0.3) is 0 Å². The van der Waals surface area contributed by atoms with Crippen molar-refractivity contribution in [3.63, 3.8) is 0 Å². The van der Waals surface area contributed by atoms with Gasteiger partial charge in [-0.15, -0.1) is 0 Å². The minimum absolute atomic E-state index is 0.0574. The molecule has 0 atom stereocenters. The van der Waals surface area contributed by atoms with Crippen molar-refractivity contribution in [2.24, 2.45) is 11.5 Å². The standard InChI is InChI=1S/C12H20N2/c1-9-4-6-10(7-5-9)12(2,3)8-11(13)14/h4-7,11H,8,13-14H2,1-3H3. The molecule has 0 saturated carbocycles. The van der Waals surface area contributed by atoms with Gasteiger partial charge in [-0.3, -0.25) is 0 Å². The molecule has 4 N–H and O–H groups in total. The second-order valence-electron chi connectivity index (χ2n) is 4.62. The molecule has 2 heteroatoms. The van der Waals surface area contributed by atoms with Gasteiger partial charge in [0.1, 0.15) is 0 Å². The molecule has 0 saturated heterocycles. The molecule has 0 aromatic heterocycles. The Balaban J connectivity index is 2.86. The highest BCUT2D eigenvalue weighted by Gasteiger charge is 2.21. The quantitative estimate of drug-likeness (QED) is 0.719. The van der Waals surface area contributed by atoms with Crippen molar-refractivity contribution in [2.45, 2.75) is 38.8 Å². The fraction of sp³-hybridized carbons (Fsp3) is 0.500. The van der Waals surface area contributed by atoms with Gasteiger partial charge >= 0.3 is 0 Å². The van der Waals surface area contributed by atoms with E-state index in [2.05, 4.69) is 45.0 Å². The van der Waals surface area contributed by atoms with Crippen molar-refractivity contribution < 1.29 is 0 Å². The van der Waals surface area contributed by atoms with Gasteiger partial charge in [0.15, 0.2) is 0 Å². The molecule has 0 amide bonds. The normalized spacial score (nSPS) is 12.1. The monoisotopic (exact) mass is 192 g/mol. The highest BCUT2D eigenvalue weighted by Crippen LogP contribution is 2.27. The molecule has 1 aromatic carbocycles. The molecule has 0 radical (unpaired) electrons. The Morgan fingerprint density at radius 3 is 2.07 bits per heavy atom. The number of hydrogen-bond acceptors (Lipinski definition) is 2. The minimum atomic E-state index is -0.244. The Hall–Kier alpha value is -0.860. The Bertz CT molecular complexity index is 286. The zero-order valence-corrected chi connectivity index (χ0v) is 9.25. The summed E-state index contributed by atoms with van der Waals surface area (Å²) in [4.78, 5) is 0. The number of nitrogens with two attached hydrogens (primary N) is 2. The lowest BCUT2D eigenvalue weighted by Crippen LogP contribution is -2.37. The summed E-state index contributed by atoms with van der Waals surface area (Å²) in [7, 11) is 0. The van der Waals surface area contributed by atoms with E-state index in [0.717, 1.165) is 6.42 Å². The molecular weight excluding hydrogens is 172 g/mol. The minimum Gasteiger partial charge on any atom is -0.316 e. The summed E-state index contributed by atoms with van der Waals surface area (Å²) in [5, 5.41) is 0. The van der Waals surface area contributed by atoms with Crippen molar-refractivity contribution in [1.29, 1.82) is 0 Å². The maximum atomic E-state index is 5.62. The molecule has 0 bridgehead atoms. The average Bonchev–Trinajstić information content (AvgIpc) is 2.02. The van der Waals surface area contributed by atoms with Crippen LogP contribution in [-0.2, 0) is 5.41 Å². The average molecular weight is 192 g/mol. The molecular formula is C12H20N2. The maximum absolute atomic E-state index is 5.62. The number of rotatable bonds is 3. The van der Waals surface area contributed by atoms with Crippen LogP contribution < -0.4 is 11.5 Å². The fourth-order valence-electron chi connectivity index (χ4n) is 1.71. The summed E-state index contributed by atoms with van der Waals surface area (Å²) < 4.78 is 0. The third kappa shape index (κ3) is 2.82. The Labute approximate surface area is 86.3 Å². The highest BCUT2D eigenvalue weighted by molar-refractivity contribution is 5.27. The molecule has 1 aromatic rings. The van der Waals surface area contributed by atoms with Gasteiger partial charge in [0, 0.05) is 0 Å². The molecule has 0 fully saturated rings. The van der Waals surface area contributed by atoms with Crippen LogP contribution in [0.3, 0.4) is 0 Å². The summed E-state index contributed by atoms with van der Waals surface area (Å²) in [6, 6.07) is 8.55. The van der Waals surface area contributed by atoms with E-state index in [4.69, 9.17) is 11.5 Å². The third-order valence-electron chi connectivity index (χ3n) is 2.58. The fourth-order valence-corrected chi connectivity index (χ4v) is 1.71. The summed E-state index contributed by atoms with van der Waals surface area (Å²) in [5.74, 6) is 0. The highest BCUT2D eigenvalue weighted by atomic mass is 14.8. The zero-order chi connectivity index (χ0) is 10.8. The van der Waals surface area contributed by atoms with Crippen LogP contribution in [0.1, 0.15) is 31.4 Å². The van der Waals surface area contributed by atoms with Crippen molar-refractivity contribution in [1.82, 2.24) is 0 Å². The van der Waals surface area contributed by atoms with Crippen LogP contribution in [0.5, 0.6) is 0 Å². The molecule has 0 aliphatic carbocycles. The molecule has 2 nitrogen and oxygen atoms in total. The van der Waals surface area contributed by atoms with E-state index in [1.165, 1.54) is 11.1 Å². The SMILES string of the molecule is Cc1ccc(C(C)(C)CC(N)N)cc1. The lowest BCUT2D eigenvalue weighted by atomic mass is 9.80. The molecule has 0 aliphatic heterocycles. The Morgan fingerprint density at radius 2 is 1.64 bits per heavy atom. The number of hydrogen-bond donors (Lipinski definition) is 2. The zero-order valence-electron chi connectivity index (χ0n) is 9.25. The predicted octanol–water partition coefficient (Wildman–Crippen LogP) is 1.91. The van der Waals surface area contributed by atoms with E-state index < -0.39 is 0 Å². The van der Waals surface area contributed by atoms with E-state index in [0.29, 0.717) is 0 Å². The van der Waals surface area contributed by atoms with Gasteiger partial charge < -0.3 is 11.5 Å². The third-order valence-corrected chi connectivity index (χ3v) is 2.58. The number of aryl methyl sites for hydroxylation is 1. The van der Waals surface area contributed by atoms with Crippen LogP contribution >= 0.6 is 0 Å². The Kier molecular flexibility index (Phi) is 3.29. The van der Waals surface area contributed by atoms with Crippen LogP contribution in [-0.4, -0.2) is 6.17 Å². The first-order chi connectivity index (χ1) is 6.42. The molecule has 0 aliphatic rings. The molecule has 14 heavy (non-hydrogen) atoms. The summed E-state index contributed by atoms with van der Waals surface area (Å²) in [6.07, 6.45) is 0.557. The van der Waals surface area contributed by atoms with E-state index in [1.54, 1.807) is 0 Å². The van der Waals surface area contributed by atoms with Gasteiger partial charge in [-0.25, -0.2) is 0 Å². The van der Waals surface area contributed by atoms with Gasteiger partial charge in [-0.05, 0) is 24.3 Å². The summed E-state index contributed by atoms with van der Waals surface area (Å²) in [5.41, 5.74) is 13.9. The largest absolute Gasteiger partial charge is 0.316 e. The van der Waals surface area contributed by atoms with E-state index in [1.807, 2.05) is 0 Å². The van der Waals surface area contributed by atoms with Crippen molar-refractivity contribution >= 4 is 0 Å². The first-order valence-corrected chi connectivity index (χ1v) is 5.00. The maximum Gasteiger partial charge on any atom is 0.0529 e. The number of benzene rings is 1. The van der Waals surface area contributed by atoms with Crippen molar-refractivity contribution in [3.8, 4) is 0 Å². The van der Waals surface area contributed by atoms with Gasteiger partial charge in [0.25, 0.3) is 0 Å². The lowest BCUT2D eigenvalue weighted by Gasteiger charge is -2.27. The molecule has 0 unspecified atom stereocenters. The van der Waals surface area contributed by atoms with Gasteiger partial charge in [-0.2, -0.15) is 0 Å². The van der Waals surface area contributed by atoms with Gasteiger partial charge in [-0.1, -0.05) is 43.7 Å². The van der Waals surface area contributed by atoms with E-state index in [9.17, 15) is 0 Å². The second-order valence-corrected chi connectivity index (χ2v) is 4.62. The lowest BCUT2D eigenvalue weighted by molar-refractivity contribution is 0.428. The van der Waals surface area contributed by atoms with Crippen LogP contribution in [0.15, 0.2) is 24.3 Å².